The lowest BCUT2D eigenvalue weighted by Crippen LogP contribution is -2.13. The van der Waals surface area contributed by atoms with Crippen molar-refractivity contribution in [2.75, 3.05) is 19.1 Å². The van der Waals surface area contributed by atoms with Crippen LogP contribution >= 0.6 is 0 Å². The van der Waals surface area contributed by atoms with Crippen molar-refractivity contribution in [1.82, 2.24) is 0 Å². The molecule has 0 aliphatic carbocycles. The third-order valence-corrected chi connectivity index (χ3v) is 4.83. The monoisotopic (exact) mass is 358 g/mol. The summed E-state index contributed by atoms with van der Waals surface area (Å²) in [5.74, 6) is 1.41. The summed E-state index contributed by atoms with van der Waals surface area (Å²) < 4.78 is 10.6. The van der Waals surface area contributed by atoms with Crippen LogP contribution in [0.3, 0.4) is 0 Å². The summed E-state index contributed by atoms with van der Waals surface area (Å²) in [6.45, 7) is 1.93. The van der Waals surface area contributed by atoms with Crippen LogP contribution in [0, 0.1) is 0 Å². The summed E-state index contributed by atoms with van der Waals surface area (Å²) in [5.41, 5.74) is 5.93. The Kier molecular flexibility index (Phi) is 4.79. The predicted octanol–water partition coefficient (Wildman–Crippen LogP) is 4.97. The predicted molar refractivity (Wildman–Crippen MR) is 110 cm³/mol. The van der Waals surface area contributed by atoms with Gasteiger partial charge in [0, 0.05) is 25.0 Å². The fraction of sp³-hybridized carbons (Fsp3) is 0.174. The highest BCUT2D eigenvalue weighted by Gasteiger charge is 2.18. The molecule has 0 saturated carbocycles. The molecule has 4 heteroatoms. The summed E-state index contributed by atoms with van der Waals surface area (Å²) in [6.07, 6.45) is 1.84. The van der Waals surface area contributed by atoms with E-state index in [-0.39, 0.29) is 0 Å². The molecule has 0 N–H and O–H groups in total. The Hall–Kier alpha value is -3.27. The molecule has 1 heterocycles. The van der Waals surface area contributed by atoms with Crippen LogP contribution in [0.4, 0.5) is 11.4 Å². The highest BCUT2D eigenvalue weighted by molar-refractivity contribution is 5.83. The Morgan fingerprint density at radius 2 is 1.48 bits per heavy atom. The molecule has 0 amide bonds. The molecule has 4 nitrogen and oxygen atoms in total. The van der Waals surface area contributed by atoms with Gasteiger partial charge < -0.3 is 14.4 Å². The van der Waals surface area contributed by atoms with E-state index in [0.717, 1.165) is 24.3 Å². The van der Waals surface area contributed by atoms with Crippen molar-refractivity contribution in [3.8, 4) is 11.5 Å². The molecule has 0 aromatic heterocycles. The number of rotatable bonds is 5. The first kappa shape index (κ1) is 17.2. The largest absolute Gasteiger partial charge is 0.493 e. The normalized spacial score (nSPS) is 13.0. The average Bonchev–Trinajstić information content (AvgIpc) is 3.16. The molecule has 0 bridgehead atoms. The van der Waals surface area contributed by atoms with Gasteiger partial charge in [0.15, 0.2) is 11.5 Å². The van der Waals surface area contributed by atoms with Crippen molar-refractivity contribution < 1.29 is 9.47 Å². The molecule has 0 saturated heterocycles. The van der Waals surface area contributed by atoms with Crippen molar-refractivity contribution in [2.45, 2.75) is 13.1 Å². The fourth-order valence-corrected chi connectivity index (χ4v) is 3.35. The van der Waals surface area contributed by atoms with Crippen molar-refractivity contribution in [2.24, 2.45) is 4.99 Å². The standard InChI is InChI=1S/C23H22N2O2/c1-26-22-12-7-17(13-23(22)27-2)14-24-20-8-10-21(11-9-20)25-15-18-5-3-4-6-19(18)16-25/h3-14H,15-16H2,1-2H3. The summed E-state index contributed by atoms with van der Waals surface area (Å²) >= 11 is 0. The zero-order valence-corrected chi connectivity index (χ0v) is 15.6. The Bertz CT molecular complexity index is 939. The maximum Gasteiger partial charge on any atom is 0.161 e. The van der Waals surface area contributed by atoms with Crippen LogP contribution in [0.2, 0.25) is 0 Å². The first-order valence-electron chi connectivity index (χ1n) is 8.95. The van der Waals surface area contributed by atoms with E-state index in [4.69, 9.17) is 9.47 Å². The van der Waals surface area contributed by atoms with Gasteiger partial charge in [-0.3, -0.25) is 4.99 Å². The Morgan fingerprint density at radius 3 is 2.11 bits per heavy atom. The van der Waals surface area contributed by atoms with E-state index in [1.165, 1.54) is 16.8 Å². The maximum atomic E-state index is 5.34. The summed E-state index contributed by atoms with van der Waals surface area (Å²) in [5, 5.41) is 0. The lowest BCUT2D eigenvalue weighted by molar-refractivity contribution is 0.355. The minimum atomic E-state index is 0.699. The SMILES string of the molecule is COc1ccc(C=Nc2ccc(N3Cc4ccccc4C3)cc2)cc1OC. The average molecular weight is 358 g/mol. The van der Waals surface area contributed by atoms with Crippen LogP contribution in [0.1, 0.15) is 16.7 Å². The van der Waals surface area contributed by atoms with Gasteiger partial charge in [0.25, 0.3) is 0 Å². The van der Waals surface area contributed by atoms with Crippen molar-refractivity contribution in [3.05, 3.63) is 83.4 Å². The maximum absolute atomic E-state index is 5.34. The Balaban J connectivity index is 1.46. The van der Waals surface area contributed by atoms with Gasteiger partial charge in [-0.05, 0) is 59.2 Å². The molecule has 0 spiro atoms. The van der Waals surface area contributed by atoms with Gasteiger partial charge in [-0.1, -0.05) is 24.3 Å². The fourth-order valence-electron chi connectivity index (χ4n) is 3.35. The second-order valence-corrected chi connectivity index (χ2v) is 6.51. The van der Waals surface area contributed by atoms with Crippen molar-refractivity contribution in [3.63, 3.8) is 0 Å². The number of benzene rings is 3. The van der Waals surface area contributed by atoms with E-state index in [2.05, 4.69) is 58.4 Å². The number of aliphatic imine (C=N–C) groups is 1. The molecule has 27 heavy (non-hydrogen) atoms. The third kappa shape index (κ3) is 3.65. The van der Waals surface area contributed by atoms with Crippen LogP contribution in [0.5, 0.6) is 11.5 Å². The van der Waals surface area contributed by atoms with Crippen LogP contribution in [0.15, 0.2) is 71.7 Å². The van der Waals surface area contributed by atoms with Crippen molar-refractivity contribution in [1.29, 1.82) is 0 Å². The van der Waals surface area contributed by atoms with Gasteiger partial charge in [0.2, 0.25) is 0 Å². The van der Waals surface area contributed by atoms with Gasteiger partial charge in [-0.2, -0.15) is 0 Å². The molecule has 1 aliphatic rings. The van der Waals surface area contributed by atoms with Crippen LogP contribution in [-0.2, 0) is 13.1 Å². The molecule has 0 atom stereocenters. The van der Waals surface area contributed by atoms with Gasteiger partial charge in [0.1, 0.15) is 0 Å². The number of methoxy groups -OCH3 is 2. The van der Waals surface area contributed by atoms with Gasteiger partial charge in [0.05, 0.1) is 19.9 Å². The zero-order valence-electron chi connectivity index (χ0n) is 15.6. The zero-order chi connectivity index (χ0) is 18.6. The van der Waals surface area contributed by atoms with E-state index in [1.807, 2.05) is 24.4 Å². The topological polar surface area (TPSA) is 34.1 Å². The first-order chi connectivity index (χ1) is 13.3. The molecule has 0 unspecified atom stereocenters. The van der Waals surface area contributed by atoms with Gasteiger partial charge in [-0.25, -0.2) is 0 Å². The molecular weight excluding hydrogens is 336 g/mol. The van der Waals surface area contributed by atoms with E-state index in [0.29, 0.717) is 11.5 Å². The van der Waals surface area contributed by atoms with Crippen LogP contribution in [0.25, 0.3) is 0 Å². The molecule has 136 valence electrons. The minimum Gasteiger partial charge on any atom is -0.493 e. The third-order valence-electron chi connectivity index (χ3n) is 4.83. The number of fused-ring (bicyclic) bond motifs is 1. The van der Waals surface area contributed by atoms with E-state index in [9.17, 15) is 0 Å². The first-order valence-corrected chi connectivity index (χ1v) is 8.95. The molecule has 3 aromatic rings. The van der Waals surface area contributed by atoms with E-state index >= 15 is 0 Å². The lowest BCUT2D eigenvalue weighted by Gasteiger charge is -2.17. The van der Waals surface area contributed by atoms with Gasteiger partial charge >= 0.3 is 0 Å². The second kappa shape index (κ2) is 7.54. The van der Waals surface area contributed by atoms with Gasteiger partial charge in [-0.15, -0.1) is 0 Å². The highest BCUT2D eigenvalue weighted by Crippen LogP contribution is 2.30. The molecule has 0 radical (unpaired) electrons. The molecule has 3 aromatic carbocycles. The summed E-state index contributed by atoms with van der Waals surface area (Å²) in [6, 6.07) is 22.7. The number of nitrogens with zero attached hydrogens (tertiary/aromatic N) is 2. The van der Waals surface area contributed by atoms with Crippen LogP contribution < -0.4 is 14.4 Å². The smallest absolute Gasteiger partial charge is 0.161 e. The quantitative estimate of drug-likeness (QED) is 0.604. The summed E-state index contributed by atoms with van der Waals surface area (Å²) in [7, 11) is 3.26. The molecule has 4 rings (SSSR count). The number of anilines is 1. The Morgan fingerprint density at radius 1 is 0.815 bits per heavy atom. The second-order valence-electron chi connectivity index (χ2n) is 6.51. The van der Waals surface area contributed by atoms with Crippen molar-refractivity contribution >= 4 is 17.6 Å². The van der Waals surface area contributed by atoms with E-state index < -0.39 is 0 Å². The number of hydrogen-bond donors (Lipinski definition) is 0. The number of hydrogen-bond acceptors (Lipinski definition) is 4. The lowest BCUT2D eigenvalue weighted by atomic mass is 10.1. The van der Waals surface area contributed by atoms with Crippen LogP contribution in [-0.4, -0.2) is 20.4 Å². The highest BCUT2D eigenvalue weighted by atomic mass is 16.5. The molecular formula is C23H22N2O2. The Labute approximate surface area is 159 Å². The molecule has 0 fully saturated rings. The number of ether oxygens (including phenoxy) is 2. The summed E-state index contributed by atoms with van der Waals surface area (Å²) in [4.78, 5) is 6.96. The minimum absolute atomic E-state index is 0.699. The molecule has 1 aliphatic heterocycles. The van der Waals surface area contributed by atoms with E-state index in [1.54, 1.807) is 14.2 Å².